The molecule has 1 saturated heterocycles. The fourth-order valence-electron chi connectivity index (χ4n) is 2.80. The summed E-state index contributed by atoms with van der Waals surface area (Å²) in [6.45, 7) is 2.68. The van der Waals surface area contributed by atoms with Crippen molar-refractivity contribution in [2.75, 3.05) is 33.4 Å². The van der Waals surface area contributed by atoms with Crippen LogP contribution in [-0.2, 0) is 0 Å². The van der Waals surface area contributed by atoms with Crippen molar-refractivity contribution in [2.45, 2.75) is 32.1 Å². The minimum absolute atomic E-state index is 0. The molecule has 0 amide bonds. The normalized spacial score (nSPS) is 22.2. The van der Waals surface area contributed by atoms with Gasteiger partial charge in [-0.15, -0.1) is 24.0 Å². The van der Waals surface area contributed by atoms with E-state index < -0.39 is 0 Å². The molecule has 1 aliphatic carbocycles. The van der Waals surface area contributed by atoms with Crippen molar-refractivity contribution in [2.24, 2.45) is 10.4 Å². The standard InChI is InChI=1S/C12H22FN3.HI/c1-14-11(15-8-3-7-13)16-9-6-12(10-16)4-2-5-12;/h2-10H2,1H3,(H,14,15);1H. The quantitative estimate of drug-likeness (QED) is 0.364. The van der Waals surface area contributed by atoms with E-state index in [2.05, 4.69) is 15.2 Å². The molecule has 2 rings (SSSR count). The van der Waals surface area contributed by atoms with Gasteiger partial charge in [-0.05, 0) is 31.1 Å². The molecule has 2 aliphatic rings. The Bertz CT molecular complexity index is 266. The van der Waals surface area contributed by atoms with E-state index in [-0.39, 0.29) is 30.7 Å². The minimum atomic E-state index is -0.256. The number of nitrogens with one attached hydrogen (secondary N) is 1. The van der Waals surface area contributed by atoms with E-state index in [1.54, 1.807) is 0 Å². The first-order valence-corrected chi connectivity index (χ1v) is 6.31. The van der Waals surface area contributed by atoms with Crippen LogP contribution in [0, 0.1) is 5.41 Å². The van der Waals surface area contributed by atoms with Crippen molar-refractivity contribution < 1.29 is 4.39 Å². The van der Waals surface area contributed by atoms with Crippen LogP contribution in [-0.4, -0.2) is 44.2 Å². The van der Waals surface area contributed by atoms with Crippen LogP contribution in [0.25, 0.3) is 0 Å². The second-order valence-corrected chi connectivity index (χ2v) is 5.04. The summed E-state index contributed by atoms with van der Waals surface area (Å²) in [5.41, 5.74) is 0.595. The zero-order chi connectivity index (χ0) is 11.4. The molecule has 0 atom stereocenters. The molecular formula is C12H23FIN3. The Kier molecular flexibility index (Phi) is 5.95. The van der Waals surface area contributed by atoms with E-state index in [0.29, 0.717) is 18.4 Å². The highest BCUT2D eigenvalue weighted by molar-refractivity contribution is 14.0. The number of rotatable bonds is 3. The van der Waals surface area contributed by atoms with Crippen molar-refractivity contribution in [1.82, 2.24) is 10.2 Å². The van der Waals surface area contributed by atoms with Gasteiger partial charge in [0.15, 0.2) is 5.96 Å². The summed E-state index contributed by atoms with van der Waals surface area (Å²) in [6, 6.07) is 0. The maximum atomic E-state index is 12.0. The first-order valence-electron chi connectivity index (χ1n) is 6.31. The molecule has 5 heteroatoms. The van der Waals surface area contributed by atoms with E-state index in [9.17, 15) is 4.39 Å². The average Bonchev–Trinajstić information content (AvgIpc) is 2.69. The fraction of sp³-hybridized carbons (Fsp3) is 0.917. The zero-order valence-electron chi connectivity index (χ0n) is 10.5. The molecule has 0 unspecified atom stereocenters. The lowest BCUT2D eigenvalue weighted by atomic mass is 9.68. The number of aliphatic imine (C=N–C) groups is 1. The number of alkyl halides is 1. The van der Waals surface area contributed by atoms with Gasteiger partial charge in [-0.25, -0.2) is 0 Å². The third-order valence-corrected chi connectivity index (χ3v) is 3.96. The van der Waals surface area contributed by atoms with Crippen molar-refractivity contribution in [3.63, 3.8) is 0 Å². The van der Waals surface area contributed by atoms with E-state index in [1.807, 2.05) is 7.05 Å². The lowest BCUT2D eigenvalue weighted by molar-refractivity contribution is 0.151. The van der Waals surface area contributed by atoms with E-state index in [0.717, 1.165) is 19.0 Å². The van der Waals surface area contributed by atoms with Crippen LogP contribution in [0.4, 0.5) is 4.39 Å². The van der Waals surface area contributed by atoms with Gasteiger partial charge in [0.05, 0.1) is 6.67 Å². The van der Waals surface area contributed by atoms with Gasteiger partial charge in [-0.1, -0.05) is 6.42 Å². The third-order valence-electron chi connectivity index (χ3n) is 3.96. The molecule has 3 nitrogen and oxygen atoms in total. The average molecular weight is 355 g/mol. The van der Waals surface area contributed by atoms with Gasteiger partial charge in [-0.2, -0.15) is 0 Å². The van der Waals surface area contributed by atoms with Gasteiger partial charge < -0.3 is 10.2 Å². The summed E-state index contributed by atoms with van der Waals surface area (Å²) in [4.78, 5) is 6.61. The molecule has 0 aromatic carbocycles. The molecule has 2 fully saturated rings. The monoisotopic (exact) mass is 355 g/mol. The van der Waals surface area contributed by atoms with Crippen LogP contribution in [0.3, 0.4) is 0 Å². The smallest absolute Gasteiger partial charge is 0.193 e. The van der Waals surface area contributed by atoms with Crippen molar-refractivity contribution in [1.29, 1.82) is 0 Å². The fourth-order valence-corrected chi connectivity index (χ4v) is 2.80. The predicted octanol–water partition coefficient (Wildman–Crippen LogP) is 2.42. The number of hydrogen-bond donors (Lipinski definition) is 1. The maximum absolute atomic E-state index is 12.0. The second-order valence-electron chi connectivity index (χ2n) is 5.04. The third kappa shape index (κ3) is 3.45. The van der Waals surface area contributed by atoms with Gasteiger partial charge in [0.2, 0.25) is 0 Å². The van der Waals surface area contributed by atoms with E-state index in [4.69, 9.17) is 0 Å². The highest BCUT2D eigenvalue weighted by atomic mass is 127. The molecule has 0 radical (unpaired) electrons. The molecule has 0 bridgehead atoms. The molecule has 1 spiro atoms. The first-order chi connectivity index (χ1) is 7.79. The summed E-state index contributed by atoms with van der Waals surface area (Å²) in [5.74, 6) is 0.956. The summed E-state index contributed by atoms with van der Waals surface area (Å²) < 4.78 is 12.0. The van der Waals surface area contributed by atoms with Gasteiger partial charge in [0, 0.05) is 26.7 Å². The molecule has 1 heterocycles. The molecule has 100 valence electrons. The Morgan fingerprint density at radius 2 is 2.18 bits per heavy atom. The van der Waals surface area contributed by atoms with Gasteiger partial charge in [0.1, 0.15) is 0 Å². The molecule has 0 aromatic heterocycles. The maximum Gasteiger partial charge on any atom is 0.193 e. The van der Waals surface area contributed by atoms with Gasteiger partial charge >= 0.3 is 0 Å². The number of halogens is 2. The van der Waals surface area contributed by atoms with Crippen molar-refractivity contribution in [3.8, 4) is 0 Å². The predicted molar refractivity (Wildman–Crippen MR) is 79.8 cm³/mol. The summed E-state index contributed by atoms with van der Waals surface area (Å²) in [5, 5.41) is 3.23. The van der Waals surface area contributed by atoms with Crippen LogP contribution in [0.1, 0.15) is 32.1 Å². The van der Waals surface area contributed by atoms with Crippen LogP contribution >= 0.6 is 24.0 Å². The minimum Gasteiger partial charge on any atom is -0.356 e. The van der Waals surface area contributed by atoms with Crippen LogP contribution in [0.2, 0.25) is 0 Å². The largest absolute Gasteiger partial charge is 0.356 e. The number of nitrogens with zero attached hydrogens (tertiary/aromatic N) is 2. The van der Waals surface area contributed by atoms with Crippen LogP contribution in [0.5, 0.6) is 0 Å². The Balaban J connectivity index is 0.00000144. The van der Waals surface area contributed by atoms with E-state index >= 15 is 0 Å². The molecule has 1 aliphatic heterocycles. The number of hydrogen-bond acceptors (Lipinski definition) is 1. The van der Waals surface area contributed by atoms with E-state index in [1.165, 1.54) is 25.7 Å². The Morgan fingerprint density at radius 3 is 2.65 bits per heavy atom. The Labute approximate surface area is 120 Å². The SMILES string of the molecule is CN=C(NCCCF)N1CCC2(CCC2)C1.I. The Morgan fingerprint density at radius 1 is 1.41 bits per heavy atom. The highest BCUT2D eigenvalue weighted by Crippen LogP contribution is 2.47. The summed E-state index contributed by atoms with van der Waals surface area (Å²) in [7, 11) is 1.81. The molecule has 0 aromatic rings. The molecule has 17 heavy (non-hydrogen) atoms. The molecular weight excluding hydrogens is 332 g/mol. The second kappa shape index (κ2) is 6.75. The van der Waals surface area contributed by atoms with Crippen LogP contribution in [0.15, 0.2) is 4.99 Å². The highest BCUT2D eigenvalue weighted by Gasteiger charge is 2.43. The van der Waals surface area contributed by atoms with Crippen LogP contribution < -0.4 is 5.32 Å². The molecule has 1 saturated carbocycles. The summed E-state index contributed by atoms with van der Waals surface area (Å²) in [6.07, 6.45) is 6.02. The summed E-state index contributed by atoms with van der Waals surface area (Å²) >= 11 is 0. The van der Waals surface area contributed by atoms with Crippen molar-refractivity contribution in [3.05, 3.63) is 0 Å². The lowest BCUT2D eigenvalue weighted by Gasteiger charge is -2.38. The first kappa shape index (κ1) is 15.0. The number of guanidine groups is 1. The van der Waals surface area contributed by atoms with Crippen molar-refractivity contribution >= 4 is 29.9 Å². The number of likely N-dealkylation sites (tertiary alicyclic amines) is 1. The molecule has 1 N–H and O–H groups in total. The zero-order valence-corrected chi connectivity index (χ0v) is 12.9. The Hall–Kier alpha value is -0.0700. The lowest BCUT2D eigenvalue weighted by Crippen LogP contribution is -2.42. The van der Waals surface area contributed by atoms with Gasteiger partial charge in [0.25, 0.3) is 0 Å². The topological polar surface area (TPSA) is 27.6 Å². The van der Waals surface area contributed by atoms with Gasteiger partial charge in [-0.3, -0.25) is 9.38 Å².